The predicted molar refractivity (Wildman–Crippen MR) is 103 cm³/mol. The Labute approximate surface area is 160 Å². The molecule has 0 saturated carbocycles. The second-order valence-corrected chi connectivity index (χ2v) is 8.99. The van der Waals surface area contributed by atoms with Crippen molar-refractivity contribution in [3.63, 3.8) is 0 Å². The fraction of sp³-hybridized carbons (Fsp3) is 0.278. The van der Waals surface area contributed by atoms with E-state index in [4.69, 9.17) is 0 Å². The first kappa shape index (κ1) is 17.9. The van der Waals surface area contributed by atoms with Crippen molar-refractivity contribution in [1.82, 2.24) is 4.90 Å². The molecule has 0 spiro atoms. The molecule has 0 bridgehead atoms. The summed E-state index contributed by atoms with van der Waals surface area (Å²) in [4.78, 5) is 26.9. The van der Waals surface area contributed by atoms with Crippen LogP contribution in [0.2, 0.25) is 0 Å². The van der Waals surface area contributed by atoms with Gasteiger partial charge < -0.3 is 10.2 Å². The van der Waals surface area contributed by atoms with Crippen LogP contribution in [0.15, 0.2) is 51.1 Å². The van der Waals surface area contributed by atoms with Crippen molar-refractivity contribution in [2.75, 3.05) is 18.4 Å². The number of likely N-dealkylation sites (tertiary alicyclic amines) is 1. The number of amides is 1. The van der Waals surface area contributed by atoms with Gasteiger partial charge in [0.25, 0.3) is 21.7 Å². The second kappa shape index (κ2) is 6.90. The number of sulfonamides is 1. The maximum atomic E-state index is 12.6. The van der Waals surface area contributed by atoms with Gasteiger partial charge in [-0.2, -0.15) is 8.42 Å². The molecular weight excluding hydrogens is 386 g/mol. The van der Waals surface area contributed by atoms with Crippen molar-refractivity contribution in [2.45, 2.75) is 17.7 Å². The lowest BCUT2D eigenvalue weighted by atomic mass is 9.96. The monoisotopic (exact) mass is 403 g/mol. The van der Waals surface area contributed by atoms with Gasteiger partial charge in [0.15, 0.2) is 0 Å². The average Bonchev–Trinajstić information content (AvgIpc) is 3.21. The summed E-state index contributed by atoms with van der Waals surface area (Å²) < 4.78 is 28.8. The van der Waals surface area contributed by atoms with Gasteiger partial charge in [-0.05, 0) is 36.4 Å². The summed E-state index contributed by atoms with van der Waals surface area (Å²) in [5.74, 6) is -1.01. The fourth-order valence-corrected chi connectivity index (χ4v) is 5.21. The van der Waals surface area contributed by atoms with E-state index in [0.29, 0.717) is 35.8 Å². The van der Waals surface area contributed by atoms with Crippen LogP contribution in [0.5, 0.6) is 0 Å². The summed E-state index contributed by atoms with van der Waals surface area (Å²) in [5.41, 5.74) is 0.487. The molecular formula is C18H17N3O4S2. The quantitative estimate of drug-likeness (QED) is 0.627. The van der Waals surface area contributed by atoms with Crippen molar-refractivity contribution >= 4 is 44.6 Å². The number of piperidine rings is 1. The summed E-state index contributed by atoms with van der Waals surface area (Å²) >= 11 is 1.23. The number of fused-ring (bicyclic) bond motifs is 1. The molecule has 1 saturated heterocycles. The molecule has 1 amide bonds. The third-order valence-electron chi connectivity index (χ3n) is 4.68. The standard InChI is InChI=1S/C18H17N3O4S2/c22-16(14-7-4-10-26-14)18(23)21-9-3-5-12(11-21)17-19-13-6-1-2-8-15(13)27(24,25)20-17/h1-2,4,6-8,10,12H,3,5,9,11H2,(H,19,20). The number of para-hydroxylation sites is 1. The number of ketones is 1. The number of Topliss-reactive ketones (excluding diaryl/α,β-unsaturated/α-hetero) is 1. The number of nitrogens with one attached hydrogen (secondary N) is 1. The van der Waals surface area contributed by atoms with Crippen LogP contribution in [0.1, 0.15) is 22.5 Å². The number of carbonyl (C=O) groups is 2. The van der Waals surface area contributed by atoms with Crippen molar-refractivity contribution in [2.24, 2.45) is 10.3 Å². The lowest BCUT2D eigenvalue weighted by Crippen LogP contribution is -2.46. The zero-order valence-electron chi connectivity index (χ0n) is 14.3. The van der Waals surface area contributed by atoms with Crippen LogP contribution in [-0.2, 0) is 14.8 Å². The van der Waals surface area contributed by atoms with E-state index in [2.05, 4.69) is 9.71 Å². The molecule has 9 heteroatoms. The highest BCUT2D eigenvalue weighted by atomic mass is 32.2. The average molecular weight is 403 g/mol. The van der Waals surface area contributed by atoms with Gasteiger partial charge in [-0.3, -0.25) is 9.59 Å². The molecule has 1 N–H and O–H groups in total. The van der Waals surface area contributed by atoms with Crippen LogP contribution in [0, 0.1) is 5.92 Å². The van der Waals surface area contributed by atoms with Gasteiger partial charge >= 0.3 is 0 Å². The van der Waals surface area contributed by atoms with E-state index in [-0.39, 0.29) is 17.4 Å². The number of benzene rings is 1. The van der Waals surface area contributed by atoms with E-state index in [1.54, 1.807) is 35.7 Å². The Morgan fingerprint density at radius 2 is 2.00 bits per heavy atom. The normalized spacial score (nSPS) is 21.0. The molecule has 1 unspecified atom stereocenters. The third-order valence-corrected chi connectivity index (χ3v) is 6.90. The van der Waals surface area contributed by atoms with E-state index in [1.807, 2.05) is 0 Å². The number of thiophene rings is 1. The lowest BCUT2D eigenvalue weighted by Gasteiger charge is -2.34. The number of anilines is 1. The van der Waals surface area contributed by atoms with Crippen molar-refractivity contribution in [3.8, 4) is 0 Å². The van der Waals surface area contributed by atoms with Crippen LogP contribution < -0.4 is 5.32 Å². The van der Waals surface area contributed by atoms with Crippen molar-refractivity contribution in [1.29, 1.82) is 0 Å². The molecule has 2 aromatic rings. The van der Waals surface area contributed by atoms with E-state index in [9.17, 15) is 18.0 Å². The molecule has 1 atom stereocenters. The number of amidine groups is 1. The molecule has 0 radical (unpaired) electrons. The van der Waals surface area contributed by atoms with Gasteiger partial charge in [0.2, 0.25) is 0 Å². The number of carbonyl (C=O) groups excluding carboxylic acids is 2. The van der Waals surface area contributed by atoms with E-state index < -0.39 is 21.7 Å². The Morgan fingerprint density at radius 1 is 1.19 bits per heavy atom. The lowest BCUT2D eigenvalue weighted by molar-refractivity contribution is -0.127. The van der Waals surface area contributed by atoms with Gasteiger partial charge in [-0.1, -0.05) is 18.2 Å². The SMILES string of the molecule is O=C(C(=O)N1CCCC(C2=NS(=O)(=O)c3ccccc3N2)C1)c1cccs1. The van der Waals surface area contributed by atoms with E-state index >= 15 is 0 Å². The first-order chi connectivity index (χ1) is 13.0. The summed E-state index contributed by atoms with van der Waals surface area (Å²) in [6.07, 6.45) is 1.37. The number of rotatable bonds is 3. The van der Waals surface area contributed by atoms with Crippen LogP contribution in [0.25, 0.3) is 0 Å². The Kier molecular flexibility index (Phi) is 4.56. The Morgan fingerprint density at radius 3 is 2.78 bits per heavy atom. The summed E-state index contributed by atoms with van der Waals surface area (Å²) in [7, 11) is -3.77. The van der Waals surface area contributed by atoms with Gasteiger partial charge in [0.05, 0.1) is 10.6 Å². The Bertz CT molecular complexity index is 1030. The highest BCUT2D eigenvalue weighted by Crippen LogP contribution is 2.30. The molecule has 4 rings (SSSR count). The maximum absolute atomic E-state index is 12.6. The molecule has 2 aliphatic heterocycles. The van der Waals surface area contributed by atoms with Gasteiger partial charge in [0.1, 0.15) is 10.7 Å². The highest BCUT2D eigenvalue weighted by molar-refractivity contribution is 7.90. The third kappa shape index (κ3) is 3.40. The molecule has 1 aromatic heterocycles. The minimum atomic E-state index is -3.77. The molecule has 7 nitrogen and oxygen atoms in total. The minimum absolute atomic E-state index is 0.144. The molecule has 3 heterocycles. The van der Waals surface area contributed by atoms with Crippen molar-refractivity contribution in [3.05, 3.63) is 46.7 Å². The van der Waals surface area contributed by atoms with Gasteiger partial charge in [-0.25, -0.2) is 0 Å². The second-order valence-electron chi connectivity index (χ2n) is 6.47. The number of hydrogen-bond donors (Lipinski definition) is 1. The van der Waals surface area contributed by atoms with Crippen LogP contribution >= 0.6 is 11.3 Å². The van der Waals surface area contributed by atoms with E-state index in [1.165, 1.54) is 22.3 Å². The number of hydrogen-bond acceptors (Lipinski definition) is 6. The van der Waals surface area contributed by atoms with Gasteiger partial charge in [0, 0.05) is 19.0 Å². The van der Waals surface area contributed by atoms with Crippen LogP contribution in [0.4, 0.5) is 5.69 Å². The van der Waals surface area contributed by atoms with Gasteiger partial charge in [-0.15, -0.1) is 15.7 Å². The number of nitrogens with zero attached hydrogens (tertiary/aromatic N) is 2. The smallest absolute Gasteiger partial charge is 0.295 e. The summed E-state index contributed by atoms with van der Waals surface area (Å²) in [6, 6.07) is 9.95. The zero-order valence-corrected chi connectivity index (χ0v) is 15.9. The molecule has 140 valence electrons. The highest BCUT2D eigenvalue weighted by Gasteiger charge is 2.34. The predicted octanol–water partition coefficient (Wildman–Crippen LogP) is 2.38. The Hall–Kier alpha value is -2.52. The molecule has 0 aliphatic carbocycles. The largest absolute Gasteiger partial charge is 0.342 e. The molecule has 27 heavy (non-hydrogen) atoms. The summed E-state index contributed by atoms with van der Waals surface area (Å²) in [6.45, 7) is 0.739. The topological polar surface area (TPSA) is 95.9 Å². The fourth-order valence-electron chi connectivity index (χ4n) is 3.35. The maximum Gasteiger partial charge on any atom is 0.295 e. The first-order valence-electron chi connectivity index (χ1n) is 8.54. The van der Waals surface area contributed by atoms with E-state index in [0.717, 1.165) is 0 Å². The van der Waals surface area contributed by atoms with Crippen LogP contribution in [-0.4, -0.2) is 43.9 Å². The Balaban J connectivity index is 1.55. The first-order valence-corrected chi connectivity index (χ1v) is 10.9. The van der Waals surface area contributed by atoms with Crippen molar-refractivity contribution < 1.29 is 18.0 Å². The molecule has 1 aromatic carbocycles. The molecule has 1 fully saturated rings. The minimum Gasteiger partial charge on any atom is -0.342 e. The molecule has 2 aliphatic rings. The summed E-state index contributed by atoms with van der Waals surface area (Å²) in [5, 5.41) is 4.84. The van der Waals surface area contributed by atoms with Crippen LogP contribution in [0.3, 0.4) is 0 Å². The zero-order chi connectivity index (χ0) is 19.0.